The van der Waals surface area contributed by atoms with Crippen LogP contribution < -0.4 is 5.32 Å². The van der Waals surface area contributed by atoms with E-state index >= 15 is 0 Å². The molecule has 4 heteroatoms. The SMILES string of the molecule is CC(Nc1cncnc1)c1ccncc1. The lowest BCUT2D eigenvalue weighted by Gasteiger charge is -2.14. The van der Waals surface area contributed by atoms with Crippen LogP contribution in [0.5, 0.6) is 0 Å². The molecule has 0 fully saturated rings. The Balaban J connectivity index is 2.08. The lowest BCUT2D eigenvalue weighted by Crippen LogP contribution is -2.06. The van der Waals surface area contributed by atoms with E-state index in [2.05, 4.69) is 27.2 Å². The minimum absolute atomic E-state index is 0.221. The molecular formula is C11H12N4. The van der Waals surface area contributed by atoms with Crippen LogP contribution in [0.25, 0.3) is 0 Å². The van der Waals surface area contributed by atoms with Gasteiger partial charge < -0.3 is 5.32 Å². The van der Waals surface area contributed by atoms with Gasteiger partial charge in [0.05, 0.1) is 18.1 Å². The van der Waals surface area contributed by atoms with E-state index in [4.69, 9.17) is 0 Å². The van der Waals surface area contributed by atoms with Gasteiger partial charge in [-0.15, -0.1) is 0 Å². The Hall–Kier alpha value is -1.97. The van der Waals surface area contributed by atoms with Crippen LogP contribution in [-0.2, 0) is 0 Å². The van der Waals surface area contributed by atoms with E-state index < -0.39 is 0 Å². The molecule has 2 aromatic heterocycles. The summed E-state index contributed by atoms with van der Waals surface area (Å²) in [4.78, 5) is 11.9. The smallest absolute Gasteiger partial charge is 0.115 e. The van der Waals surface area contributed by atoms with E-state index in [1.807, 2.05) is 12.1 Å². The summed E-state index contributed by atoms with van der Waals surface area (Å²) < 4.78 is 0. The zero-order chi connectivity index (χ0) is 10.5. The van der Waals surface area contributed by atoms with Crippen LogP contribution in [0.15, 0.2) is 43.2 Å². The molecule has 2 heterocycles. The van der Waals surface area contributed by atoms with Crippen molar-refractivity contribution in [2.24, 2.45) is 0 Å². The molecule has 0 amide bonds. The maximum Gasteiger partial charge on any atom is 0.115 e. The molecule has 15 heavy (non-hydrogen) atoms. The molecule has 0 spiro atoms. The van der Waals surface area contributed by atoms with Gasteiger partial charge in [0.15, 0.2) is 0 Å². The van der Waals surface area contributed by atoms with E-state index in [1.165, 1.54) is 11.9 Å². The van der Waals surface area contributed by atoms with Gasteiger partial charge in [-0.1, -0.05) is 0 Å². The van der Waals surface area contributed by atoms with Gasteiger partial charge in [-0.25, -0.2) is 9.97 Å². The Bertz CT molecular complexity index is 401. The van der Waals surface area contributed by atoms with Crippen molar-refractivity contribution in [2.75, 3.05) is 5.32 Å². The molecule has 76 valence electrons. The molecule has 0 radical (unpaired) electrons. The minimum atomic E-state index is 0.221. The number of hydrogen-bond donors (Lipinski definition) is 1. The van der Waals surface area contributed by atoms with Crippen molar-refractivity contribution in [1.29, 1.82) is 0 Å². The standard InChI is InChI=1S/C11H12N4/c1-9(10-2-4-12-5-3-10)15-11-6-13-8-14-7-11/h2-9,15H,1H3. The number of pyridine rings is 1. The summed E-state index contributed by atoms with van der Waals surface area (Å²) >= 11 is 0. The minimum Gasteiger partial charge on any atom is -0.376 e. The number of hydrogen-bond acceptors (Lipinski definition) is 4. The van der Waals surface area contributed by atoms with Gasteiger partial charge >= 0.3 is 0 Å². The largest absolute Gasteiger partial charge is 0.376 e. The molecule has 0 aliphatic rings. The molecule has 0 aromatic carbocycles. The summed E-state index contributed by atoms with van der Waals surface area (Å²) in [5, 5.41) is 3.31. The number of nitrogens with zero attached hydrogens (tertiary/aromatic N) is 3. The van der Waals surface area contributed by atoms with Crippen molar-refractivity contribution < 1.29 is 0 Å². The monoisotopic (exact) mass is 200 g/mol. The molecule has 1 unspecified atom stereocenters. The zero-order valence-corrected chi connectivity index (χ0v) is 8.46. The van der Waals surface area contributed by atoms with E-state index in [1.54, 1.807) is 24.8 Å². The van der Waals surface area contributed by atoms with Crippen LogP contribution >= 0.6 is 0 Å². The highest BCUT2D eigenvalue weighted by Gasteiger charge is 2.03. The molecule has 0 aliphatic carbocycles. The van der Waals surface area contributed by atoms with Crippen molar-refractivity contribution in [3.63, 3.8) is 0 Å². The van der Waals surface area contributed by atoms with Crippen LogP contribution in [-0.4, -0.2) is 15.0 Å². The third kappa shape index (κ3) is 2.49. The first-order chi connectivity index (χ1) is 7.36. The first kappa shape index (κ1) is 9.58. The van der Waals surface area contributed by atoms with E-state index in [9.17, 15) is 0 Å². The van der Waals surface area contributed by atoms with Crippen LogP contribution in [0.4, 0.5) is 5.69 Å². The van der Waals surface area contributed by atoms with Crippen LogP contribution in [0.2, 0.25) is 0 Å². The van der Waals surface area contributed by atoms with Gasteiger partial charge in [-0.2, -0.15) is 0 Å². The van der Waals surface area contributed by atoms with Crippen LogP contribution in [0.1, 0.15) is 18.5 Å². The second-order valence-electron chi connectivity index (χ2n) is 3.27. The fraction of sp³-hybridized carbons (Fsp3) is 0.182. The van der Waals surface area contributed by atoms with Gasteiger partial charge in [-0.05, 0) is 24.6 Å². The third-order valence-corrected chi connectivity index (χ3v) is 2.15. The van der Waals surface area contributed by atoms with Crippen molar-refractivity contribution in [3.8, 4) is 0 Å². The van der Waals surface area contributed by atoms with Crippen molar-refractivity contribution in [2.45, 2.75) is 13.0 Å². The number of anilines is 1. The highest BCUT2D eigenvalue weighted by Crippen LogP contribution is 2.16. The van der Waals surface area contributed by atoms with Gasteiger partial charge in [0.2, 0.25) is 0 Å². The Morgan fingerprint density at radius 2 is 1.73 bits per heavy atom. The Kier molecular flexibility index (Phi) is 2.88. The fourth-order valence-electron chi connectivity index (χ4n) is 1.36. The van der Waals surface area contributed by atoms with E-state index in [-0.39, 0.29) is 6.04 Å². The summed E-state index contributed by atoms with van der Waals surface area (Å²) in [6.45, 7) is 2.09. The predicted octanol–water partition coefficient (Wildman–Crippen LogP) is 2.04. The number of nitrogens with one attached hydrogen (secondary N) is 1. The first-order valence-electron chi connectivity index (χ1n) is 4.78. The molecule has 2 aromatic rings. The number of rotatable bonds is 3. The lowest BCUT2D eigenvalue weighted by molar-refractivity contribution is 0.876. The van der Waals surface area contributed by atoms with Crippen molar-refractivity contribution in [1.82, 2.24) is 15.0 Å². The normalized spacial score (nSPS) is 12.1. The number of aromatic nitrogens is 3. The van der Waals surface area contributed by atoms with E-state index in [0.717, 1.165) is 5.69 Å². The Labute approximate surface area is 88.4 Å². The van der Waals surface area contributed by atoms with Crippen molar-refractivity contribution in [3.05, 3.63) is 48.8 Å². The molecule has 4 nitrogen and oxygen atoms in total. The van der Waals surface area contributed by atoms with Gasteiger partial charge in [0.1, 0.15) is 6.33 Å². The molecule has 1 atom stereocenters. The quantitative estimate of drug-likeness (QED) is 0.823. The Morgan fingerprint density at radius 3 is 2.40 bits per heavy atom. The summed E-state index contributed by atoms with van der Waals surface area (Å²) in [5.74, 6) is 0. The summed E-state index contributed by atoms with van der Waals surface area (Å²) in [6, 6.07) is 4.20. The topological polar surface area (TPSA) is 50.7 Å². The molecule has 0 bridgehead atoms. The maximum absolute atomic E-state index is 3.98. The van der Waals surface area contributed by atoms with Gasteiger partial charge in [0, 0.05) is 18.4 Å². The third-order valence-electron chi connectivity index (χ3n) is 2.15. The lowest BCUT2D eigenvalue weighted by atomic mass is 10.1. The maximum atomic E-state index is 3.98. The van der Waals surface area contributed by atoms with E-state index in [0.29, 0.717) is 0 Å². The summed E-state index contributed by atoms with van der Waals surface area (Å²) in [5.41, 5.74) is 2.11. The molecule has 0 saturated carbocycles. The molecule has 2 rings (SSSR count). The second-order valence-corrected chi connectivity index (χ2v) is 3.27. The molecule has 1 N–H and O–H groups in total. The van der Waals surface area contributed by atoms with Crippen LogP contribution in [0.3, 0.4) is 0 Å². The Morgan fingerprint density at radius 1 is 1.07 bits per heavy atom. The molecule has 0 aliphatic heterocycles. The first-order valence-corrected chi connectivity index (χ1v) is 4.78. The summed E-state index contributed by atoms with van der Waals surface area (Å²) in [7, 11) is 0. The van der Waals surface area contributed by atoms with Gasteiger partial charge in [-0.3, -0.25) is 4.98 Å². The highest BCUT2D eigenvalue weighted by molar-refractivity contribution is 5.40. The second kappa shape index (κ2) is 4.50. The van der Waals surface area contributed by atoms with Crippen LogP contribution in [0, 0.1) is 0 Å². The molecular weight excluding hydrogens is 188 g/mol. The van der Waals surface area contributed by atoms with Gasteiger partial charge in [0.25, 0.3) is 0 Å². The highest BCUT2D eigenvalue weighted by atomic mass is 15.0. The summed E-state index contributed by atoms with van der Waals surface area (Å²) in [6.07, 6.45) is 8.60. The molecule has 0 saturated heterocycles. The fourth-order valence-corrected chi connectivity index (χ4v) is 1.36. The zero-order valence-electron chi connectivity index (χ0n) is 8.46. The average molecular weight is 200 g/mol. The van der Waals surface area contributed by atoms with Crippen molar-refractivity contribution >= 4 is 5.69 Å². The average Bonchev–Trinajstić information content (AvgIpc) is 2.31. The predicted molar refractivity (Wildman–Crippen MR) is 58.3 cm³/mol.